The highest BCUT2D eigenvalue weighted by molar-refractivity contribution is 7.14. The zero-order chi connectivity index (χ0) is 21.0. The first-order valence-corrected chi connectivity index (χ1v) is 10.7. The van der Waals surface area contributed by atoms with Crippen LogP contribution in [0.15, 0.2) is 91.0 Å². The van der Waals surface area contributed by atoms with E-state index < -0.39 is 0 Å². The summed E-state index contributed by atoms with van der Waals surface area (Å²) in [5, 5.41) is 19.4. The number of aromatic nitrogens is 5. The van der Waals surface area contributed by atoms with Crippen LogP contribution in [0.3, 0.4) is 0 Å². The molecule has 0 saturated carbocycles. The number of rotatable bonds is 3. The highest BCUT2D eigenvalue weighted by Gasteiger charge is 2.11. The van der Waals surface area contributed by atoms with Crippen molar-refractivity contribution in [3.8, 4) is 33.2 Å². The molecule has 31 heavy (non-hydrogen) atoms. The predicted molar refractivity (Wildman–Crippen MR) is 126 cm³/mol. The average Bonchev–Trinajstić information content (AvgIpc) is 2.82. The molecule has 6 heteroatoms. The van der Waals surface area contributed by atoms with Gasteiger partial charge in [-0.25, -0.2) is 4.98 Å². The lowest BCUT2D eigenvalue weighted by atomic mass is 10.0. The van der Waals surface area contributed by atoms with Crippen molar-refractivity contribution in [2.45, 2.75) is 6.92 Å². The molecule has 0 unspecified atom stereocenters. The molecule has 1 N–H and O–H groups in total. The summed E-state index contributed by atoms with van der Waals surface area (Å²) in [4.78, 5) is 4.86. The lowest BCUT2D eigenvalue weighted by Crippen LogP contribution is -1.96. The van der Waals surface area contributed by atoms with Gasteiger partial charge < -0.3 is 0 Å². The second kappa shape index (κ2) is 8.45. The summed E-state index contributed by atoms with van der Waals surface area (Å²) < 4.78 is 0. The number of aryl methyl sites for hydroxylation is 1. The summed E-state index contributed by atoms with van der Waals surface area (Å²) in [6.45, 7) is 1.94. The van der Waals surface area contributed by atoms with E-state index in [0.29, 0.717) is 5.82 Å². The van der Waals surface area contributed by atoms with E-state index in [1.807, 2.05) is 85.8 Å². The molecular formula is C25H19N5S. The molecule has 0 bridgehead atoms. The fourth-order valence-corrected chi connectivity index (χ4v) is 4.08. The Hall–Kier alpha value is -3.90. The number of para-hydroxylation sites is 1. The molecular weight excluding hydrogens is 402 g/mol. The third-order valence-electron chi connectivity index (χ3n) is 4.86. The van der Waals surface area contributed by atoms with E-state index in [1.165, 1.54) is 11.3 Å². The third kappa shape index (κ3) is 4.06. The highest BCUT2D eigenvalue weighted by atomic mass is 32.1. The van der Waals surface area contributed by atoms with Gasteiger partial charge in [0.25, 0.3) is 0 Å². The van der Waals surface area contributed by atoms with Crippen molar-refractivity contribution in [1.29, 1.82) is 0 Å². The number of nitrogens with zero attached hydrogens (tertiary/aromatic N) is 4. The van der Waals surface area contributed by atoms with E-state index >= 15 is 0 Å². The second-order valence-corrected chi connectivity index (χ2v) is 8.18. The Morgan fingerprint density at radius 2 is 1.42 bits per heavy atom. The molecule has 0 amide bonds. The molecule has 2 aromatic heterocycles. The van der Waals surface area contributed by atoms with Crippen LogP contribution in [0.25, 0.3) is 44.1 Å². The fourth-order valence-electron chi connectivity index (χ4n) is 3.38. The first kappa shape index (κ1) is 19.1. The van der Waals surface area contributed by atoms with Gasteiger partial charge in [0.05, 0.1) is 11.2 Å². The average molecular weight is 422 g/mol. The molecule has 0 radical (unpaired) electrons. The maximum Gasteiger partial charge on any atom is 0.176 e. The van der Waals surface area contributed by atoms with Gasteiger partial charge in [0.2, 0.25) is 0 Å². The monoisotopic (exact) mass is 421 g/mol. The van der Waals surface area contributed by atoms with Crippen LogP contribution < -0.4 is 0 Å². The van der Waals surface area contributed by atoms with Gasteiger partial charge in [-0.2, -0.15) is 5.10 Å². The Balaban J connectivity index is 1.74. The van der Waals surface area contributed by atoms with Gasteiger partial charge >= 0.3 is 0 Å². The van der Waals surface area contributed by atoms with E-state index in [1.54, 1.807) is 0 Å². The van der Waals surface area contributed by atoms with Gasteiger partial charge in [-0.05, 0) is 19.1 Å². The number of aromatic amines is 1. The zero-order valence-corrected chi connectivity index (χ0v) is 17.7. The van der Waals surface area contributed by atoms with Crippen LogP contribution >= 0.6 is 11.3 Å². The lowest BCUT2D eigenvalue weighted by molar-refractivity contribution is 0.945. The van der Waals surface area contributed by atoms with Crippen molar-refractivity contribution < 1.29 is 0 Å². The summed E-state index contributed by atoms with van der Waals surface area (Å²) in [6, 6.07) is 30.3. The topological polar surface area (TPSA) is 67.3 Å². The third-order valence-corrected chi connectivity index (χ3v) is 5.76. The molecule has 0 atom stereocenters. The first-order valence-electron chi connectivity index (χ1n) is 9.93. The fraction of sp³-hybridized carbons (Fsp3) is 0.0400. The number of fused-ring (bicyclic) bond motifs is 1. The van der Waals surface area contributed by atoms with Gasteiger partial charge in [-0.15, -0.1) is 10.2 Å². The van der Waals surface area contributed by atoms with E-state index in [2.05, 4.69) is 32.5 Å². The Morgan fingerprint density at radius 1 is 0.742 bits per heavy atom. The van der Waals surface area contributed by atoms with Crippen LogP contribution in [0, 0.1) is 6.92 Å². The Labute approximate surface area is 183 Å². The molecule has 0 spiro atoms. The summed E-state index contributed by atoms with van der Waals surface area (Å²) in [6.07, 6.45) is 0. The minimum absolute atomic E-state index is 0.587. The van der Waals surface area contributed by atoms with Gasteiger partial charge in [-0.1, -0.05) is 90.2 Å². The van der Waals surface area contributed by atoms with Gasteiger partial charge in [0, 0.05) is 22.1 Å². The summed E-state index contributed by atoms with van der Waals surface area (Å²) >= 11 is 1.49. The van der Waals surface area contributed by atoms with Crippen LogP contribution in [-0.2, 0) is 0 Å². The van der Waals surface area contributed by atoms with Crippen LogP contribution in [-0.4, -0.2) is 25.4 Å². The van der Waals surface area contributed by atoms with Crippen molar-refractivity contribution in [2.75, 3.05) is 0 Å². The van der Waals surface area contributed by atoms with Crippen LogP contribution in [0.4, 0.5) is 0 Å². The molecule has 0 aliphatic heterocycles. The number of hydrogen-bond donors (Lipinski definition) is 1. The molecule has 5 rings (SSSR count). The zero-order valence-electron chi connectivity index (χ0n) is 16.9. The van der Waals surface area contributed by atoms with Crippen molar-refractivity contribution in [1.82, 2.24) is 25.4 Å². The normalized spacial score (nSPS) is 10.7. The van der Waals surface area contributed by atoms with E-state index in [0.717, 1.165) is 43.3 Å². The van der Waals surface area contributed by atoms with Crippen molar-refractivity contribution in [3.05, 3.63) is 96.0 Å². The van der Waals surface area contributed by atoms with E-state index in [-0.39, 0.29) is 0 Å². The smallest absolute Gasteiger partial charge is 0.176 e. The molecule has 0 saturated heterocycles. The highest BCUT2D eigenvalue weighted by Crippen LogP contribution is 2.30. The minimum atomic E-state index is 0.587. The van der Waals surface area contributed by atoms with Gasteiger partial charge in [0.15, 0.2) is 5.82 Å². The number of nitrogens with one attached hydrogen (secondary N) is 1. The van der Waals surface area contributed by atoms with Gasteiger partial charge in [0.1, 0.15) is 10.0 Å². The Kier molecular flexibility index (Phi) is 5.21. The Bertz CT molecular complexity index is 1390. The lowest BCUT2D eigenvalue weighted by Gasteiger charge is -2.09. The molecule has 3 aromatic carbocycles. The summed E-state index contributed by atoms with van der Waals surface area (Å²) in [7, 11) is 0. The molecule has 0 aliphatic carbocycles. The number of hydrogen-bond acceptors (Lipinski definition) is 5. The number of pyridine rings is 1. The Morgan fingerprint density at radius 3 is 2.19 bits per heavy atom. The molecule has 0 aliphatic rings. The minimum Gasteiger partial charge on any atom is -0.258 e. The van der Waals surface area contributed by atoms with Gasteiger partial charge in [-0.3, -0.25) is 5.10 Å². The molecule has 5 aromatic rings. The standard InChI is InChI=1S/C25H19N5S/c1-17-27-28-24(29-30-25(31-17)19-12-6-3-7-13-19)21-16-23(18-10-4-2-5-11-18)26-22-15-9-8-14-20(21)22/h2-16H,1H3,(H,28,29). The van der Waals surface area contributed by atoms with E-state index in [9.17, 15) is 0 Å². The van der Waals surface area contributed by atoms with Crippen molar-refractivity contribution in [3.63, 3.8) is 0 Å². The largest absolute Gasteiger partial charge is 0.258 e. The molecule has 2 heterocycles. The molecule has 5 nitrogen and oxygen atoms in total. The first-order chi connectivity index (χ1) is 15.3. The number of H-pyrrole nitrogens is 1. The molecule has 150 valence electrons. The predicted octanol–water partition coefficient (Wildman–Crippen LogP) is 6.24. The number of benzene rings is 3. The van der Waals surface area contributed by atoms with Crippen LogP contribution in [0.5, 0.6) is 0 Å². The summed E-state index contributed by atoms with van der Waals surface area (Å²) in [5.74, 6) is 0.587. The van der Waals surface area contributed by atoms with Crippen LogP contribution in [0.1, 0.15) is 5.01 Å². The maximum atomic E-state index is 4.86. The SMILES string of the molecule is Cc1nnc(-c2cc(-c3ccccc3)nc3ccccc23)[nH]nc(-c2ccccc2)s1. The van der Waals surface area contributed by atoms with E-state index in [4.69, 9.17) is 4.98 Å². The summed E-state index contributed by atoms with van der Waals surface area (Å²) in [5.41, 5.74) is 4.75. The second-order valence-electron chi connectivity index (χ2n) is 7.00. The quantitative estimate of drug-likeness (QED) is 0.374. The van der Waals surface area contributed by atoms with Crippen molar-refractivity contribution in [2.24, 2.45) is 0 Å². The van der Waals surface area contributed by atoms with Crippen LogP contribution in [0.2, 0.25) is 0 Å². The molecule has 0 fully saturated rings. The maximum absolute atomic E-state index is 4.86. The van der Waals surface area contributed by atoms with Crippen molar-refractivity contribution >= 4 is 22.2 Å².